The predicted molar refractivity (Wildman–Crippen MR) is 118 cm³/mol. The maximum Gasteiger partial charge on any atom is 0.243 e. The van der Waals surface area contributed by atoms with Gasteiger partial charge in [-0.15, -0.1) is 0 Å². The third-order valence-electron chi connectivity index (χ3n) is 4.78. The third-order valence-corrected chi connectivity index (χ3v) is 6.85. The fourth-order valence-electron chi connectivity index (χ4n) is 2.91. The second kappa shape index (κ2) is 10.6. The minimum Gasteiger partial charge on any atom is -0.497 e. The highest BCUT2D eigenvalue weighted by atomic mass is 35.5. The highest BCUT2D eigenvalue weighted by Crippen LogP contribution is 2.19. The zero-order valence-electron chi connectivity index (χ0n) is 17.8. The van der Waals surface area contributed by atoms with Crippen molar-refractivity contribution in [2.45, 2.75) is 24.4 Å². The molecule has 2 amide bonds. The van der Waals surface area contributed by atoms with Crippen LogP contribution < -0.4 is 10.1 Å². The van der Waals surface area contributed by atoms with Gasteiger partial charge in [-0.25, -0.2) is 8.42 Å². The number of benzene rings is 2. The third kappa shape index (κ3) is 6.19. The van der Waals surface area contributed by atoms with Crippen LogP contribution in [0.2, 0.25) is 5.02 Å². The van der Waals surface area contributed by atoms with E-state index in [0.29, 0.717) is 10.8 Å². The summed E-state index contributed by atoms with van der Waals surface area (Å²) < 4.78 is 31.8. The van der Waals surface area contributed by atoms with Crippen LogP contribution in [0.5, 0.6) is 5.75 Å². The lowest BCUT2D eigenvalue weighted by atomic mass is 10.1. The number of carbonyl (C=O) groups is 2. The Hall–Kier alpha value is -2.62. The van der Waals surface area contributed by atoms with E-state index in [0.717, 1.165) is 9.87 Å². The molecule has 168 valence electrons. The first kappa shape index (κ1) is 24.6. The summed E-state index contributed by atoms with van der Waals surface area (Å²) in [5, 5.41) is 2.93. The van der Waals surface area contributed by atoms with Crippen molar-refractivity contribution in [3.8, 4) is 5.75 Å². The van der Waals surface area contributed by atoms with Gasteiger partial charge in [0.25, 0.3) is 0 Å². The summed E-state index contributed by atoms with van der Waals surface area (Å²) in [6.07, 6.45) is 0. The lowest BCUT2D eigenvalue weighted by molar-refractivity contribution is -0.140. The summed E-state index contributed by atoms with van der Waals surface area (Å²) in [6.45, 7) is 1.26. The molecule has 8 nitrogen and oxygen atoms in total. The number of nitrogens with one attached hydrogen (secondary N) is 1. The number of nitrogens with zero attached hydrogens (tertiary/aromatic N) is 2. The van der Waals surface area contributed by atoms with Crippen LogP contribution in [0.1, 0.15) is 12.5 Å². The highest BCUT2D eigenvalue weighted by Gasteiger charge is 2.30. The molecule has 1 unspecified atom stereocenters. The summed E-state index contributed by atoms with van der Waals surface area (Å²) in [4.78, 5) is 26.7. The second-order valence-electron chi connectivity index (χ2n) is 6.88. The fraction of sp³-hybridized carbons (Fsp3) is 0.333. The number of likely N-dealkylation sites (N-methyl/N-ethyl adjacent to an activating group) is 2. The molecule has 0 aromatic heterocycles. The molecule has 0 spiro atoms. The number of carbonyl (C=O) groups excluding carboxylic acids is 2. The number of halogens is 1. The number of hydrogen-bond acceptors (Lipinski definition) is 5. The Morgan fingerprint density at radius 1 is 1.16 bits per heavy atom. The summed E-state index contributed by atoms with van der Waals surface area (Å²) in [5.74, 6) is -0.265. The van der Waals surface area contributed by atoms with Gasteiger partial charge in [0, 0.05) is 25.7 Å². The van der Waals surface area contributed by atoms with E-state index in [4.69, 9.17) is 16.3 Å². The van der Waals surface area contributed by atoms with Gasteiger partial charge in [-0.3, -0.25) is 9.59 Å². The van der Waals surface area contributed by atoms with E-state index in [9.17, 15) is 18.0 Å². The molecule has 0 radical (unpaired) electrons. The lowest BCUT2D eigenvalue weighted by Crippen LogP contribution is -2.50. The molecule has 0 aliphatic heterocycles. The van der Waals surface area contributed by atoms with Gasteiger partial charge in [0.2, 0.25) is 21.8 Å². The molecule has 31 heavy (non-hydrogen) atoms. The molecular formula is C21H26ClN3O5S. The van der Waals surface area contributed by atoms with Gasteiger partial charge in [0.15, 0.2) is 0 Å². The molecule has 0 fully saturated rings. The van der Waals surface area contributed by atoms with Gasteiger partial charge in [0.05, 0.1) is 18.6 Å². The van der Waals surface area contributed by atoms with Crippen LogP contribution in [0, 0.1) is 0 Å². The average molecular weight is 468 g/mol. The quantitative estimate of drug-likeness (QED) is 0.609. The van der Waals surface area contributed by atoms with Crippen LogP contribution in [0.15, 0.2) is 53.4 Å². The first-order chi connectivity index (χ1) is 14.6. The van der Waals surface area contributed by atoms with Crippen LogP contribution in [0.3, 0.4) is 0 Å². The van der Waals surface area contributed by atoms with E-state index in [-0.39, 0.29) is 17.3 Å². The van der Waals surface area contributed by atoms with Crippen LogP contribution >= 0.6 is 11.6 Å². The van der Waals surface area contributed by atoms with Crippen molar-refractivity contribution in [3.05, 3.63) is 59.1 Å². The fourth-order valence-corrected chi connectivity index (χ4v) is 4.16. The van der Waals surface area contributed by atoms with E-state index in [1.54, 1.807) is 31.2 Å². The first-order valence-corrected chi connectivity index (χ1v) is 11.3. The van der Waals surface area contributed by atoms with Crippen molar-refractivity contribution in [3.63, 3.8) is 0 Å². The Morgan fingerprint density at radius 3 is 2.39 bits per heavy atom. The molecule has 0 aliphatic carbocycles. The molecule has 2 aromatic carbocycles. The maximum absolute atomic E-state index is 13.1. The van der Waals surface area contributed by atoms with Crippen molar-refractivity contribution in [2.24, 2.45) is 0 Å². The molecule has 0 saturated carbocycles. The topological polar surface area (TPSA) is 96.0 Å². The van der Waals surface area contributed by atoms with E-state index >= 15 is 0 Å². The number of methoxy groups -OCH3 is 1. The standard InChI is InChI=1S/C21H26ClN3O5S/c1-15(21(27)23-2)25(13-16-6-5-7-18(12-16)30-4)20(26)14-24(3)31(28,29)19-10-8-17(22)9-11-19/h5-12,15H,13-14H2,1-4H3,(H,23,27). The molecule has 10 heteroatoms. The molecule has 1 N–H and O–H groups in total. The van der Waals surface area contributed by atoms with Crippen LogP contribution in [0.4, 0.5) is 0 Å². The number of ether oxygens (including phenoxy) is 1. The molecule has 0 bridgehead atoms. The Labute approximate surface area is 187 Å². The Morgan fingerprint density at radius 2 is 1.81 bits per heavy atom. The Bertz CT molecular complexity index is 1030. The van der Waals surface area contributed by atoms with E-state index in [1.165, 1.54) is 50.4 Å². The lowest BCUT2D eigenvalue weighted by Gasteiger charge is -2.30. The highest BCUT2D eigenvalue weighted by molar-refractivity contribution is 7.89. The first-order valence-electron chi connectivity index (χ1n) is 9.46. The Balaban J connectivity index is 2.27. The van der Waals surface area contributed by atoms with Crippen LogP contribution in [0.25, 0.3) is 0 Å². The van der Waals surface area contributed by atoms with Gasteiger partial charge < -0.3 is 15.0 Å². The largest absolute Gasteiger partial charge is 0.497 e. The number of rotatable bonds is 9. The zero-order chi connectivity index (χ0) is 23.2. The van der Waals surface area contributed by atoms with Crippen molar-refractivity contribution in [2.75, 3.05) is 27.7 Å². The second-order valence-corrected chi connectivity index (χ2v) is 9.36. The Kier molecular flexibility index (Phi) is 8.43. The smallest absolute Gasteiger partial charge is 0.243 e. The van der Waals surface area contributed by atoms with Crippen molar-refractivity contribution in [1.82, 2.24) is 14.5 Å². The van der Waals surface area contributed by atoms with Gasteiger partial charge in [-0.05, 0) is 48.9 Å². The average Bonchev–Trinajstić information content (AvgIpc) is 2.76. The molecule has 1 atom stereocenters. The number of amides is 2. The van der Waals surface area contributed by atoms with Crippen molar-refractivity contribution in [1.29, 1.82) is 0 Å². The van der Waals surface area contributed by atoms with Gasteiger partial charge in [-0.2, -0.15) is 4.31 Å². The summed E-state index contributed by atoms with van der Waals surface area (Å²) in [5.41, 5.74) is 0.742. The predicted octanol–water partition coefficient (Wildman–Crippen LogP) is 2.13. The molecular weight excluding hydrogens is 442 g/mol. The molecule has 2 aromatic rings. The van der Waals surface area contributed by atoms with Gasteiger partial charge in [-0.1, -0.05) is 23.7 Å². The summed E-state index contributed by atoms with van der Waals surface area (Å²) >= 11 is 5.83. The van der Waals surface area contributed by atoms with E-state index < -0.39 is 28.5 Å². The zero-order valence-corrected chi connectivity index (χ0v) is 19.4. The molecule has 0 heterocycles. The SMILES string of the molecule is CNC(=O)C(C)N(Cc1cccc(OC)c1)C(=O)CN(C)S(=O)(=O)c1ccc(Cl)cc1. The monoisotopic (exact) mass is 467 g/mol. The molecule has 2 rings (SSSR count). The normalized spacial score (nSPS) is 12.3. The van der Waals surface area contributed by atoms with E-state index in [2.05, 4.69) is 5.32 Å². The minimum atomic E-state index is -3.91. The maximum atomic E-state index is 13.1. The number of hydrogen-bond donors (Lipinski definition) is 1. The van der Waals surface area contributed by atoms with Crippen molar-refractivity contribution < 1.29 is 22.7 Å². The minimum absolute atomic E-state index is 0.0193. The van der Waals surface area contributed by atoms with Gasteiger partial charge >= 0.3 is 0 Å². The van der Waals surface area contributed by atoms with Crippen LogP contribution in [-0.2, 0) is 26.2 Å². The molecule has 0 saturated heterocycles. The number of sulfonamides is 1. The van der Waals surface area contributed by atoms with E-state index in [1.807, 2.05) is 0 Å². The van der Waals surface area contributed by atoms with Gasteiger partial charge in [0.1, 0.15) is 11.8 Å². The summed E-state index contributed by atoms with van der Waals surface area (Å²) in [7, 11) is 0.413. The van der Waals surface area contributed by atoms with Crippen LogP contribution in [-0.4, -0.2) is 63.2 Å². The molecule has 0 aliphatic rings. The van der Waals surface area contributed by atoms with Crippen molar-refractivity contribution >= 4 is 33.4 Å². The summed E-state index contributed by atoms with van der Waals surface area (Å²) in [6, 6.07) is 12.0.